The predicted molar refractivity (Wildman–Crippen MR) is 75.1 cm³/mol. The minimum Gasteiger partial charge on any atom is -0.511 e. The van der Waals surface area contributed by atoms with Crippen LogP contribution in [-0.4, -0.2) is 10.2 Å². The lowest BCUT2D eigenvalue weighted by Crippen LogP contribution is -2.42. The van der Waals surface area contributed by atoms with Gasteiger partial charge in [-0.05, 0) is 68.2 Å². The van der Waals surface area contributed by atoms with E-state index in [1.54, 1.807) is 0 Å². The van der Waals surface area contributed by atoms with Crippen LogP contribution < -0.4 is 10.4 Å². The highest BCUT2D eigenvalue weighted by Gasteiger charge is 2.53. The van der Waals surface area contributed by atoms with Crippen molar-refractivity contribution in [2.75, 3.05) is 0 Å². The predicted octanol–water partition coefficient (Wildman–Crippen LogP) is 2.31. The van der Waals surface area contributed by atoms with Crippen LogP contribution in [0.3, 0.4) is 0 Å². The van der Waals surface area contributed by atoms with E-state index in [0.29, 0.717) is 17.4 Å². The third-order valence-electron chi connectivity index (χ3n) is 5.57. The zero-order valence-corrected chi connectivity index (χ0v) is 11.5. The first-order valence-electron chi connectivity index (χ1n) is 7.31. The third kappa shape index (κ3) is 1.43. The molecule has 19 heavy (non-hydrogen) atoms. The fourth-order valence-corrected chi connectivity index (χ4v) is 4.23. The number of rotatable bonds is 0. The maximum atomic E-state index is 10.7. The summed E-state index contributed by atoms with van der Waals surface area (Å²) in [6.07, 6.45) is 3.47. The first kappa shape index (κ1) is 11.4. The van der Waals surface area contributed by atoms with Gasteiger partial charge in [0, 0.05) is 22.3 Å². The molecule has 4 rings (SSSR count). The summed E-state index contributed by atoms with van der Waals surface area (Å²) < 4.78 is 0. The lowest BCUT2D eigenvalue weighted by molar-refractivity contribution is 0.240. The molecule has 0 spiro atoms. The van der Waals surface area contributed by atoms with E-state index in [-0.39, 0.29) is 11.8 Å². The van der Waals surface area contributed by atoms with Gasteiger partial charge in [0.1, 0.15) is 11.5 Å². The number of hydrogen-bond donors (Lipinski definition) is 2. The first-order valence-corrected chi connectivity index (χ1v) is 7.31. The molecule has 2 saturated carbocycles. The van der Waals surface area contributed by atoms with Gasteiger partial charge in [-0.1, -0.05) is 0 Å². The van der Waals surface area contributed by atoms with Crippen molar-refractivity contribution in [2.24, 2.45) is 23.7 Å². The van der Waals surface area contributed by atoms with Crippen LogP contribution >= 0.6 is 0 Å². The van der Waals surface area contributed by atoms with Gasteiger partial charge in [-0.15, -0.1) is 0 Å². The maximum absolute atomic E-state index is 10.7. The number of aryl methyl sites for hydroxylation is 2. The van der Waals surface area contributed by atoms with Gasteiger partial charge in [0.15, 0.2) is 0 Å². The van der Waals surface area contributed by atoms with Crippen LogP contribution in [0.15, 0.2) is 12.1 Å². The maximum Gasteiger partial charge on any atom is 0.104 e. The van der Waals surface area contributed by atoms with Crippen LogP contribution in [0, 0.1) is 37.5 Å². The van der Waals surface area contributed by atoms with Crippen molar-refractivity contribution >= 4 is 11.5 Å². The van der Waals surface area contributed by atoms with E-state index in [0.717, 1.165) is 22.8 Å². The smallest absolute Gasteiger partial charge is 0.104 e. The molecule has 1 aromatic carbocycles. The lowest BCUT2D eigenvalue weighted by Gasteiger charge is -2.33. The SMILES string of the molecule is Cc1cc2c(cc1C)=C(O)C1C(CCC3C[C@@H]31)C=2O. The summed E-state index contributed by atoms with van der Waals surface area (Å²) in [5.74, 6) is 2.78. The average Bonchev–Trinajstić information content (AvgIpc) is 3.16. The average molecular weight is 256 g/mol. The number of hydrogen-bond acceptors (Lipinski definition) is 2. The largest absolute Gasteiger partial charge is 0.511 e. The van der Waals surface area contributed by atoms with Crippen molar-refractivity contribution in [1.82, 2.24) is 0 Å². The van der Waals surface area contributed by atoms with Crippen LogP contribution in [0.25, 0.3) is 11.5 Å². The molecule has 0 bridgehead atoms. The van der Waals surface area contributed by atoms with Crippen LogP contribution in [0.5, 0.6) is 0 Å². The molecular weight excluding hydrogens is 236 g/mol. The van der Waals surface area contributed by atoms with Crippen molar-refractivity contribution in [3.05, 3.63) is 33.7 Å². The third-order valence-corrected chi connectivity index (χ3v) is 5.57. The minimum atomic E-state index is 0.151. The second-order valence-electron chi connectivity index (χ2n) is 6.62. The van der Waals surface area contributed by atoms with Crippen LogP contribution in [0.4, 0.5) is 0 Å². The molecule has 0 aliphatic heterocycles. The molecule has 3 aliphatic rings. The van der Waals surface area contributed by atoms with Crippen molar-refractivity contribution < 1.29 is 10.2 Å². The molecular formula is C17H20O2. The molecule has 2 nitrogen and oxygen atoms in total. The Morgan fingerprint density at radius 2 is 1.58 bits per heavy atom. The van der Waals surface area contributed by atoms with E-state index in [2.05, 4.69) is 13.8 Å². The fourth-order valence-electron chi connectivity index (χ4n) is 4.23. The van der Waals surface area contributed by atoms with Crippen molar-refractivity contribution in [3.63, 3.8) is 0 Å². The quantitative estimate of drug-likeness (QED) is 0.748. The van der Waals surface area contributed by atoms with Gasteiger partial charge in [0.2, 0.25) is 0 Å². The van der Waals surface area contributed by atoms with Gasteiger partial charge in [-0.25, -0.2) is 0 Å². The molecule has 0 amide bonds. The van der Waals surface area contributed by atoms with E-state index in [1.165, 1.54) is 24.0 Å². The highest BCUT2D eigenvalue weighted by atomic mass is 16.3. The summed E-state index contributed by atoms with van der Waals surface area (Å²) in [5.41, 5.74) is 2.36. The molecule has 2 fully saturated rings. The van der Waals surface area contributed by atoms with E-state index < -0.39 is 0 Å². The summed E-state index contributed by atoms with van der Waals surface area (Å²) >= 11 is 0. The molecule has 100 valence electrons. The number of aliphatic hydroxyl groups excluding tert-OH is 2. The Labute approximate surface area is 113 Å². The topological polar surface area (TPSA) is 40.5 Å². The second-order valence-corrected chi connectivity index (χ2v) is 6.62. The fraction of sp³-hybridized carbons (Fsp3) is 0.529. The van der Waals surface area contributed by atoms with E-state index in [4.69, 9.17) is 0 Å². The Balaban J connectivity index is 2.04. The van der Waals surface area contributed by atoms with Gasteiger partial charge in [-0.2, -0.15) is 0 Å². The number of benzene rings is 1. The molecule has 4 atom stereocenters. The summed E-state index contributed by atoms with van der Waals surface area (Å²) in [5, 5.41) is 23.0. The highest BCUT2D eigenvalue weighted by Crippen LogP contribution is 2.58. The zero-order chi connectivity index (χ0) is 13.3. The van der Waals surface area contributed by atoms with Crippen molar-refractivity contribution in [2.45, 2.75) is 33.1 Å². The van der Waals surface area contributed by atoms with Crippen LogP contribution in [0.1, 0.15) is 30.4 Å². The second kappa shape index (κ2) is 3.56. The van der Waals surface area contributed by atoms with Gasteiger partial charge in [-0.3, -0.25) is 0 Å². The molecule has 2 N–H and O–H groups in total. The normalized spacial score (nSPS) is 35.5. The molecule has 2 heteroatoms. The zero-order valence-electron chi connectivity index (χ0n) is 11.5. The van der Waals surface area contributed by atoms with Crippen LogP contribution in [0.2, 0.25) is 0 Å². The highest BCUT2D eigenvalue weighted by molar-refractivity contribution is 5.56. The standard InChI is InChI=1S/C17H20O2/c1-8-5-13-14(6-9(8)2)17(19)15-11(16(13)18)4-3-10-7-12(10)15/h5-6,10-12,15,18-19H,3-4,7H2,1-2H3/t10?,11?,12-,15?/m0/s1. The Hall–Kier alpha value is -1.44. The van der Waals surface area contributed by atoms with E-state index in [9.17, 15) is 10.2 Å². The first-order chi connectivity index (χ1) is 9.08. The monoisotopic (exact) mass is 256 g/mol. The van der Waals surface area contributed by atoms with Gasteiger partial charge in [0.25, 0.3) is 0 Å². The molecule has 3 unspecified atom stereocenters. The summed E-state index contributed by atoms with van der Waals surface area (Å²) in [7, 11) is 0. The minimum absolute atomic E-state index is 0.151. The number of fused-ring (bicyclic) bond motifs is 4. The van der Waals surface area contributed by atoms with Crippen molar-refractivity contribution in [3.8, 4) is 0 Å². The molecule has 1 aromatic rings. The lowest BCUT2D eigenvalue weighted by atomic mass is 9.73. The Morgan fingerprint density at radius 3 is 2.26 bits per heavy atom. The summed E-state index contributed by atoms with van der Waals surface area (Å²) in [4.78, 5) is 0. The number of aliphatic hydroxyl groups is 2. The molecule has 0 heterocycles. The van der Waals surface area contributed by atoms with Crippen molar-refractivity contribution in [1.29, 1.82) is 0 Å². The van der Waals surface area contributed by atoms with Gasteiger partial charge in [0.05, 0.1) is 0 Å². The summed E-state index contributed by atoms with van der Waals surface area (Å²) in [6, 6.07) is 4.07. The molecule has 3 aliphatic carbocycles. The molecule has 0 saturated heterocycles. The van der Waals surface area contributed by atoms with E-state index in [1.807, 2.05) is 12.1 Å². The molecule has 0 aromatic heterocycles. The van der Waals surface area contributed by atoms with Gasteiger partial charge >= 0.3 is 0 Å². The molecule has 0 radical (unpaired) electrons. The van der Waals surface area contributed by atoms with E-state index >= 15 is 0 Å². The Kier molecular flexibility index (Phi) is 2.13. The Morgan fingerprint density at radius 1 is 0.947 bits per heavy atom. The Bertz CT molecular complexity index is 686. The van der Waals surface area contributed by atoms with Crippen LogP contribution in [-0.2, 0) is 0 Å². The van der Waals surface area contributed by atoms with Gasteiger partial charge < -0.3 is 10.2 Å². The summed E-state index contributed by atoms with van der Waals surface area (Å²) in [6.45, 7) is 4.12.